The second kappa shape index (κ2) is 12.7. The summed E-state index contributed by atoms with van der Waals surface area (Å²) in [6.45, 7) is 4.49. The molecule has 35 heavy (non-hydrogen) atoms. The van der Waals surface area contributed by atoms with E-state index < -0.39 is 5.97 Å². The average molecular weight is 479 g/mol. The van der Waals surface area contributed by atoms with Gasteiger partial charge in [-0.15, -0.1) is 0 Å². The van der Waals surface area contributed by atoms with Crippen LogP contribution in [0.1, 0.15) is 54.1 Å². The Balaban J connectivity index is 1.93. The maximum absolute atomic E-state index is 11.3. The number of hydrogen-bond donors (Lipinski definition) is 4. The molecule has 0 bridgehead atoms. The molecule has 2 aromatic carbocycles. The highest BCUT2D eigenvalue weighted by Crippen LogP contribution is 2.29. The van der Waals surface area contributed by atoms with Crippen LogP contribution in [0.2, 0.25) is 0 Å². The standard InChI is InChI=1S/C27H34N4O4/c1-3-22(10-7-13-32)30-26-23(18(2)29-27(28)31-26)16-21-12-11-20(15-25(33)34)14-24(21)35-17-19-8-5-4-6-9-19/h4-6,8-9,11-12,14,22,32H,3,7,10,13,15-17H2,1-2H3,(H,33,34)(H3,28,29,30,31)/t22-/m0/s1. The first kappa shape index (κ1) is 26.0. The van der Waals surface area contributed by atoms with Crippen molar-refractivity contribution in [2.45, 2.75) is 58.6 Å². The van der Waals surface area contributed by atoms with Crippen molar-refractivity contribution >= 4 is 17.7 Å². The molecule has 1 heterocycles. The number of aryl methyl sites for hydroxylation is 1. The van der Waals surface area contributed by atoms with E-state index in [0.29, 0.717) is 36.6 Å². The summed E-state index contributed by atoms with van der Waals surface area (Å²) in [4.78, 5) is 20.1. The van der Waals surface area contributed by atoms with Gasteiger partial charge < -0.3 is 26.0 Å². The van der Waals surface area contributed by atoms with Crippen LogP contribution in [0.4, 0.5) is 11.8 Å². The Labute approximate surface area is 206 Å². The lowest BCUT2D eigenvalue weighted by molar-refractivity contribution is -0.136. The van der Waals surface area contributed by atoms with Gasteiger partial charge in [-0.2, -0.15) is 4.98 Å². The van der Waals surface area contributed by atoms with Crippen molar-refractivity contribution in [1.82, 2.24) is 9.97 Å². The third-order valence-electron chi connectivity index (χ3n) is 5.87. The summed E-state index contributed by atoms with van der Waals surface area (Å²) >= 11 is 0. The van der Waals surface area contributed by atoms with E-state index in [0.717, 1.165) is 35.2 Å². The van der Waals surface area contributed by atoms with Gasteiger partial charge in [-0.3, -0.25) is 4.79 Å². The largest absolute Gasteiger partial charge is 0.489 e. The molecule has 8 heteroatoms. The van der Waals surface area contributed by atoms with Gasteiger partial charge in [0.05, 0.1) is 6.42 Å². The van der Waals surface area contributed by atoms with Gasteiger partial charge in [0.2, 0.25) is 5.95 Å². The van der Waals surface area contributed by atoms with E-state index in [9.17, 15) is 15.0 Å². The highest BCUT2D eigenvalue weighted by Gasteiger charge is 2.17. The van der Waals surface area contributed by atoms with E-state index in [1.807, 2.05) is 49.4 Å². The molecule has 0 amide bonds. The van der Waals surface area contributed by atoms with Crippen LogP contribution in [0.5, 0.6) is 5.75 Å². The van der Waals surface area contributed by atoms with Gasteiger partial charge in [-0.1, -0.05) is 49.4 Å². The summed E-state index contributed by atoms with van der Waals surface area (Å²) in [6.07, 6.45) is 2.79. The molecule has 0 radical (unpaired) electrons. The zero-order chi connectivity index (χ0) is 25.2. The number of nitrogens with zero attached hydrogens (tertiary/aromatic N) is 2. The van der Waals surface area contributed by atoms with Crippen molar-refractivity contribution in [1.29, 1.82) is 0 Å². The summed E-state index contributed by atoms with van der Waals surface area (Å²) < 4.78 is 6.17. The molecule has 3 rings (SSSR count). The number of hydrogen-bond acceptors (Lipinski definition) is 7. The second-order valence-corrected chi connectivity index (χ2v) is 8.57. The quantitative estimate of drug-likeness (QED) is 0.288. The molecule has 5 N–H and O–H groups in total. The number of anilines is 2. The van der Waals surface area contributed by atoms with Crippen molar-refractivity contribution in [3.05, 3.63) is 76.5 Å². The highest BCUT2D eigenvalue weighted by atomic mass is 16.5. The monoisotopic (exact) mass is 478 g/mol. The van der Waals surface area contributed by atoms with E-state index in [2.05, 4.69) is 22.2 Å². The number of nitrogens with one attached hydrogen (secondary N) is 1. The Morgan fingerprint density at radius 3 is 2.60 bits per heavy atom. The van der Waals surface area contributed by atoms with Crippen molar-refractivity contribution in [3.8, 4) is 5.75 Å². The average Bonchev–Trinajstić information content (AvgIpc) is 2.83. The van der Waals surface area contributed by atoms with Crippen LogP contribution >= 0.6 is 0 Å². The number of benzene rings is 2. The van der Waals surface area contributed by atoms with E-state index in [1.165, 1.54) is 0 Å². The van der Waals surface area contributed by atoms with Crippen LogP contribution in [0.25, 0.3) is 0 Å². The molecular formula is C27H34N4O4. The Hall–Kier alpha value is -3.65. The fraction of sp³-hybridized carbons (Fsp3) is 0.370. The van der Waals surface area contributed by atoms with Crippen LogP contribution in [0.15, 0.2) is 48.5 Å². The maximum Gasteiger partial charge on any atom is 0.307 e. The molecule has 0 saturated carbocycles. The Morgan fingerprint density at radius 1 is 1.14 bits per heavy atom. The minimum Gasteiger partial charge on any atom is -0.489 e. The van der Waals surface area contributed by atoms with E-state index in [4.69, 9.17) is 10.5 Å². The Morgan fingerprint density at radius 2 is 1.91 bits per heavy atom. The Kier molecular flexibility index (Phi) is 9.43. The maximum atomic E-state index is 11.3. The van der Waals surface area contributed by atoms with Crippen LogP contribution in [-0.4, -0.2) is 38.8 Å². The SMILES string of the molecule is CC[C@@H](CCCO)Nc1nc(N)nc(C)c1Cc1ccc(CC(=O)O)cc1OCc1ccccc1. The first-order valence-corrected chi connectivity index (χ1v) is 11.9. The van der Waals surface area contributed by atoms with Crippen LogP contribution < -0.4 is 15.8 Å². The van der Waals surface area contributed by atoms with Gasteiger partial charge in [0.25, 0.3) is 0 Å². The molecule has 0 aliphatic heterocycles. The van der Waals surface area contributed by atoms with Crippen molar-refractivity contribution in [2.24, 2.45) is 0 Å². The number of nitrogens with two attached hydrogens (primary N) is 1. The van der Waals surface area contributed by atoms with Crippen LogP contribution in [-0.2, 0) is 24.2 Å². The van der Waals surface area contributed by atoms with Gasteiger partial charge in [-0.25, -0.2) is 4.98 Å². The number of carboxylic acids is 1. The number of nitrogen functional groups attached to an aromatic ring is 1. The first-order valence-electron chi connectivity index (χ1n) is 11.9. The molecule has 0 aliphatic carbocycles. The molecule has 0 spiro atoms. The van der Waals surface area contributed by atoms with Gasteiger partial charge >= 0.3 is 5.97 Å². The molecule has 8 nitrogen and oxygen atoms in total. The topological polar surface area (TPSA) is 131 Å². The third-order valence-corrected chi connectivity index (χ3v) is 5.87. The fourth-order valence-electron chi connectivity index (χ4n) is 3.95. The molecule has 3 aromatic rings. The number of aliphatic hydroxyl groups is 1. The van der Waals surface area contributed by atoms with Crippen molar-refractivity contribution < 1.29 is 19.7 Å². The first-order chi connectivity index (χ1) is 16.9. The molecule has 1 atom stereocenters. The van der Waals surface area contributed by atoms with Crippen LogP contribution in [0.3, 0.4) is 0 Å². The van der Waals surface area contributed by atoms with Gasteiger partial charge in [-0.05, 0) is 48.9 Å². The number of aliphatic hydroxyl groups excluding tert-OH is 1. The van der Waals surface area contributed by atoms with Crippen molar-refractivity contribution in [2.75, 3.05) is 17.7 Å². The smallest absolute Gasteiger partial charge is 0.307 e. The van der Waals surface area contributed by atoms with Crippen molar-refractivity contribution in [3.63, 3.8) is 0 Å². The number of rotatable bonds is 13. The molecule has 0 saturated heterocycles. The van der Waals surface area contributed by atoms with Gasteiger partial charge in [0, 0.05) is 30.3 Å². The van der Waals surface area contributed by atoms with Gasteiger partial charge in [0.1, 0.15) is 18.2 Å². The Bertz CT molecular complexity index is 1120. The zero-order valence-electron chi connectivity index (χ0n) is 20.3. The fourth-order valence-corrected chi connectivity index (χ4v) is 3.95. The normalized spacial score (nSPS) is 11.7. The van der Waals surface area contributed by atoms with E-state index in [1.54, 1.807) is 6.07 Å². The lowest BCUT2D eigenvalue weighted by Crippen LogP contribution is -2.22. The predicted octanol–water partition coefficient (Wildman–Crippen LogP) is 4.13. The van der Waals surface area contributed by atoms with E-state index in [-0.39, 0.29) is 25.0 Å². The molecular weight excluding hydrogens is 444 g/mol. The molecule has 0 unspecified atom stereocenters. The number of aliphatic carboxylic acids is 1. The highest BCUT2D eigenvalue weighted by molar-refractivity contribution is 5.70. The molecule has 1 aromatic heterocycles. The number of ether oxygens (including phenoxy) is 1. The third kappa shape index (κ3) is 7.68. The minimum absolute atomic E-state index is 0.0815. The molecule has 0 aliphatic rings. The summed E-state index contributed by atoms with van der Waals surface area (Å²) in [5, 5.41) is 22.0. The zero-order valence-corrected chi connectivity index (χ0v) is 20.3. The minimum atomic E-state index is -0.894. The summed E-state index contributed by atoms with van der Waals surface area (Å²) in [5.74, 6) is 0.600. The van der Waals surface area contributed by atoms with Crippen LogP contribution in [0, 0.1) is 6.92 Å². The molecule has 0 fully saturated rings. The lowest BCUT2D eigenvalue weighted by Gasteiger charge is -2.21. The second-order valence-electron chi connectivity index (χ2n) is 8.57. The lowest BCUT2D eigenvalue weighted by atomic mass is 10.00. The van der Waals surface area contributed by atoms with Gasteiger partial charge in [0.15, 0.2) is 0 Å². The number of aromatic nitrogens is 2. The number of carboxylic acid groups (broad SMARTS) is 1. The van der Waals surface area contributed by atoms with E-state index >= 15 is 0 Å². The summed E-state index contributed by atoms with van der Waals surface area (Å²) in [6, 6.07) is 15.5. The predicted molar refractivity (Wildman–Crippen MR) is 137 cm³/mol. The summed E-state index contributed by atoms with van der Waals surface area (Å²) in [5.41, 5.74) is 10.2. The summed E-state index contributed by atoms with van der Waals surface area (Å²) in [7, 11) is 0. The molecule has 186 valence electrons. The number of carbonyl (C=O) groups is 1.